The van der Waals surface area contributed by atoms with E-state index in [4.69, 9.17) is 17.5 Å². The Bertz CT molecular complexity index is 572. The van der Waals surface area contributed by atoms with Gasteiger partial charge in [-0.15, -0.1) is 0 Å². The first-order valence-corrected chi connectivity index (χ1v) is 4.61. The van der Waals surface area contributed by atoms with Gasteiger partial charge in [-0.05, 0) is 24.4 Å². The van der Waals surface area contributed by atoms with Crippen molar-refractivity contribution >= 4 is 12.2 Å². The minimum atomic E-state index is 0.469. The van der Waals surface area contributed by atoms with Crippen LogP contribution < -0.4 is 0 Å². The molecule has 0 aliphatic rings. The maximum Gasteiger partial charge on any atom is 0.216 e. The Kier molecular flexibility index (Phi) is 2.31. The standard InChI is InChI=1S/C9H7N5S/c1-14-9(15)12-8(13-14)7-3-2-6(4-10)5-11-7/h2-3,5H,1H3,(H,12,13,15). The number of hydrogen-bond acceptors (Lipinski definition) is 4. The number of H-pyrrole nitrogens is 1. The van der Waals surface area contributed by atoms with Crippen molar-refractivity contribution in [2.45, 2.75) is 0 Å². The lowest BCUT2D eigenvalue weighted by Gasteiger charge is -1.94. The van der Waals surface area contributed by atoms with Gasteiger partial charge in [0.25, 0.3) is 0 Å². The van der Waals surface area contributed by atoms with Crippen molar-refractivity contribution in [2.24, 2.45) is 7.05 Å². The molecule has 0 aliphatic heterocycles. The summed E-state index contributed by atoms with van der Waals surface area (Å²) in [5.74, 6) is 0.604. The van der Waals surface area contributed by atoms with Crippen molar-refractivity contribution in [2.75, 3.05) is 0 Å². The molecule has 0 saturated heterocycles. The predicted octanol–water partition coefficient (Wildman–Crippen LogP) is 1.41. The number of nitrogens with zero attached hydrogens (tertiary/aromatic N) is 4. The Hall–Kier alpha value is -2.00. The second kappa shape index (κ2) is 3.63. The monoisotopic (exact) mass is 217 g/mol. The number of nitriles is 1. The largest absolute Gasteiger partial charge is 0.278 e. The molecule has 0 spiro atoms. The summed E-state index contributed by atoms with van der Waals surface area (Å²) in [7, 11) is 1.78. The molecule has 0 unspecified atom stereocenters. The highest BCUT2D eigenvalue weighted by Gasteiger charge is 2.03. The predicted molar refractivity (Wildman–Crippen MR) is 56.3 cm³/mol. The summed E-state index contributed by atoms with van der Waals surface area (Å²) < 4.78 is 2.10. The second-order valence-electron chi connectivity index (χ2n) is 2.96. The number of hydrogen-bond donors (Lipinski definition) is 1. The number of nitrogens with one attached hydrogen (secondary N) is 1. The van der Waals surface area contributed by atoms with Crippen molar-refractivity contribution < 1.29 is 0 Å². The van der Waals surface area contributed by atoms with E-state index >= 15 is 0 Å². The van der Waals surface area contributed by atoms with Crippen molar-refractivity contribution in [1.29, 1.82) is 5.26 Å². The summed E-state index contributed by atoms with van der Waals surface area (Å²) in [6.45, 7) is 0. The van der Waals surface area contributed by atoms with Gasteiger partial charge in [0.05, 0.1) is 5.56 Å². The normalized spacial score (nSPS) is 9.87. The zero-order valence-corrected chi connectivity index (χ0v) is 8.75. The summed E-state index contributed by atoms with van der Waals surface area (Å²) in [6, 6.07) is 5.42. The third kappa shape index (κ3) is 1.78. The zero-order valence-electron chi connectivity index (χ0n) is 7.93. The number of aromatic amines is 1. The highest BCUT2D eigenvalue weighted by molar-refractivity contribution is 7.71. The van der Waals surface area contributed by atoms with Gasteiger partial charge in [-0.25, -0.2) is 0 Å². The maximum absolute atomic E-state index is 8.61. The molecule has 2 rings (SSSR count). The molecule has 0 radical (unpaired) electrons. The lowest BCUT2D eigenvalue weighted by Crippen LogP contribution is -1.90. The van der Waals surface area contributed by atoms with E-state index in [0.717, 1.165) is 0 Å². The fraction of sp³-hybridized carbons (Fsp3) is 0.111. The van der Waals surface area contributed by atoms with Crippen molar-refractivity contribution in [3.63, 3.8) is 0 Å². The van der Waals surface area contributed by atoms with E-state index in [1.54, 1.807) is 23.9 Å². The van der Waals surface area contributed by atoms with Gasteiger partial charge in [0.15, 0.2) is 5.82 Å². The third-order valence-corrected chi connectivity index (χ3v) is 2.27. The molecule has 0 saturated carbocycles. The van der Waals surface area contributed by atoms with Crippen molar-refractivity contribution in [3.05, 3.63) is 28.7 Å². The molecule has 74 valence electrons. The summed E-state index contributed by atoms with van der Waals surface area (Å²) >= 11 is 4.96. The Morgan fingerprint density at radius 1 is 1.53 bits per heavy atom. The third-order valence-electron chi connectivity index (χ3n) is 1.90. The highest BCUT2D eigenvalue weighted by Crippen LogP contribution is 2.11. The fourth-order valence-electron chi connectivity index (χ4n) is 1.12. The first kappa shape index (κ1) is 9.55. The van der Waals surface area contributed by atoms with E-state index in [0.29, 0.717) is 21.9 Å². The average molecular weight is 217 g/mol. The van der Waals surface area contributed by atoms with E-state index < -0.39 is 0 Å². The van der Waals surface area contributed by atoms with Crippen molar-refractivity contribution in [3.8, 4) is 17.6 Å². The highest BCUT2D eigenvalue weighted by atomic mass is 32.1. The summed E-state index contributed by atoms with van der Waals surface area (Å²) in [4.78, 5) is 8.21. The molecule has 15 heavy (non-hydrogen) atoms. The summed E-state index contributed by atoms with van der Waals surface area (Å²) in [5.41, 5.74) is 1.19. The first-order chi connectivity index (χ1) is 7.20. The minimum Gasteiger partial charge on any atom is -0.278 e. The molecule has 2 aromatic heterocycles. The van der Waals surface area contributed by atoms with Crippen LogP contribution in [0.25, 0.3) is 11.5 Å². The number of rotatable bonds is 1. The van der Waals surface area contributed by atoms with Crippen LogP contribution in [0.3, 0.4) is 0 Å². The lowest BCUT2D eigenvalue weighted by atomic mass is 10.2. The smallest absolute Gasteiger partial charge is 0.216 e. The van der Waals surface area contributed by atoms with Gasteiger partial charge in [-0.1, -0.05) is 0 Å². The average Bonchev–Trinajstić information content (AvgIpc) is 2.59. The summed E-state index contributed by atoms with van der Waals surface area (Å²) in [6.07, 6.45) is 1.50. The van der Waals surface area contributed by atoms with Gasteiger partial charge in [-0.3, -0.25) is 14.8 Å². The molecule has 0 aromatic carbocycles. The van der Waals surface area contributed by atoms with E-state index in [-0.39, 0.29) is 0 Å². The molecule has 5 nitrogen and oxygen atoms in total. The van der Waals surface area contributed by atoms with Gasteiger partial charge in [0, 0.05) is 13.2 Å². The van der Waals surface area contributed by atoms with Crippen LogP contribution in [0.15, 0.2) is 18.3 Å². The molecule has 6 heteroatoms. The number of aryl methyl sites for hydroxylation is 1. The van der Waals surface area contributed by atoms with Gasteiger partial charge < -0.3 is 0 Å². The number of aromatic nitrogens is 4. The number of pyridine rings is 1. The van der Waals surface area contributed by atoms with Crippen molar-refractivity contribution in [1.82, 2.24) is 19.7 Å². The molecule has 0 amide bonds. The van der Waals surface area contributed by atoms with Crippen LogP contribution in [0, 0.1) is 16.1 Å². The SMILES string of the molecule is Cn1[nH]c(-c2ccc(C#N)cn2)nc1=S. The fourth-order valence-corrected chi connectivity index (χ4v) is 1.25. The van der Waals surface area contributed by atoms with E-state index in [9.17, 15) is 0 Å². The molecular weight excluding hydrogens is 210 g/mol. The lowest BCUT2D eigenvalue weighted by molar-refractivity contribution is 0.755. The molecule has 2 aromatic rings. The molecule has 0 aliphatic carbocycles. The summed E-state index contributed by atoms with van der Waals surface area (Å²) in [5, 5.41) is 11.6. The topological polar surface area (TPSA) is 70.3 Å². The quantitative estimate of drug-likeness (QED) is 0.733. The minimum absolute atomic E-state index is 0.469. The molecule has 0 atom stereocenters. The van der Waals surface area contributed by atoms with E-state index in [1.165, 1.54) is 6.20 Å². The van der Waals surface area contributed by atoms with Crippen LogP contribution >= 0.6 is 12.2 Å². The Labute approximate surface area is 91.0 Å². The first-order valence-electron chi connectivity index (χ1n) is 4.20. The van der Waals surface area contributed by atoms with Crippen LogP contribution in [0.2, 0.25) is 0 Å². The van der Waals surface area contributed by atoms with Gasteiger partial charge in [0.1, 0.15) is 11.8 Å². The molecule has 0 fully saturated rings. The maximum atomic E-state index is 8.61. The zero-order chi connectivity index (χ0) is 10.8. The van der Waals surface area contributed by atoms with Crippen LogP contribution in [0.4, 0.5) is 0 Å². The second-order valence-corrected chi connectivity index (χ2v) is 3.32. The van der Waals surface area contributed by atoms with Crippen LogP contribution in [0.5, 0.6) is 0 Å². The molecular formula is C9H7N5S. The Morgan fingerprint density at radius 3 is 2.80 bits per heavy atom. The van der Waals surface area contributed by atoms with Crippen LogP contribution in [-0.2, 0) is 7.05 Å². The van der Waals surface area contributed by atoms with Crippen LogP contribution in [0.1, 0.15) is 5.56 Å². The van der Waals surface area contributed by atoms with Gasteiger partial charge in [-0.2, -0.15) is 10.2 Å². The van der Waals surface area contributed by atoms with Gasteiger partial charge >= 0.3 is 0 Å². The molecule has 2 heterocycles. The van der Waals surface area contributed by atoms with Gasteiger partial charge in [0.2, 0.25) is 4.77 Å². The van der Waals surface area contributed by atoms with Crippen LogP contribution in [-0.4, -0.2) is 19.7 Å². The Morgan fingerprint density at radius 2 is 2.33 bits per heavy atom. The Balaban J connectivity index is 2.46. The van der Waals surface area contributed by atoms with E-state index in [2.05, 4.69) is 15.1 Å². The molecule has 1 N–H and O–H groups in total. The molecule has 0 bridgehead atoms. The van der Waals surface area contributed by atoms with E-state index in [1.807, 2.05) is 6.07 Å².